The molecule has 0 spiro atoms. The highest BCUT2D eigenvalue weighted by Crippen LogP contribution is 2.16. The molecule has 0 radical (unpaired) electrons. The van der Waals surface area contributed by atoms with E-state index in [0.717, 1.165) is 11.3 Å². The Balaban J connectivity index is 2.52. The second kappa shape index (κ2) is 4.37. The molecule has 88 valence electrons. The minimum Gasteiger partial charge on any atom is -0.464 e. The molecule has 17 heavy (non-hydrogen) atoms. The zero-order valence-corrected chi connectivity index (χ0v) is 9.97. The normalized spacial score (nSPS) is 10.3. The summed E-state index contributed by atoms with van der Waals surface area (Å²) in [5, 5.41) is 7.82. The van der Waals surface area contributed by atoms with Crippen molar-refractivity contribution in [1.29, 1.82) is 0 Å². The molecule has 0 amide bonds. The molecule has 0 aliphatic rings. The van der Waals surface area contributed by atoms with Gasteiger partial charge in [0.2, 0.25) is 0 Å². The number of ether oxygens (including phenoxy) is 1. The maximum Gasteiger partial charge on any atom is 0.360 e. The van der Waals surface area contributed by atoms with Gasteiger partial charge in [-0.3, -0.25) is 0 Å². The number of hydrogen-bond acceptors (Lipinski definition) is 4. The number of methoxy groups -OCH3 is 1. The van der Waals surface area contributed by atoms with E-state index in [2.05, 4.69) is 15.0 Å². The molecule has 5 heteroatoms. The average Bonchev–Trinajstić information content (AvgIpc) is 2.71. The van der Waals surface area contributed by atoms with E-state index in [-0.39, 0.29) is 5.69 Å². The van der Waals surface area contributed by atoms with E-state index in [1.165, 1.54) is 7.11 Å². The van der Waals surface area contributed by atoms with Crippen molar-refractivity contribution in [2.75, 3.05) is 7.11 Å². The van der Waals surface area contributed by atoms with Crippen molar-refractivity contribution in [3.8, 4) is 5.69 Å². The minimum absolute atomic E-state index is 0.246. The lowest BCUT2D eigenvalue weighted by atomic mass is 10.2. The van der Waals surface area contributed by atoms with E-state index in [4.69, 9.17) is 0 Å². The number of carbonyl (C=O) groups is 1. The van der Waals surface area contributed by atoms with E-state index >= 15 is 0 Å². The van der Waals surface area contributed by atoms with Gasteiger partial charge < -0.3 is 4.74 Å². The van der Waals surface area contributed by atoms with Gasteiger partial charge in [0, 0.05) is 0 Å². The van der Waals surface area contributed by atoms with E-state index in [1.54, 1.807) is 11.6 Å². The molecule has 2 rings (SSSR count). The SMILES string of the molecule is COC(=O)c1nnn(-c2ccccc2C)c1C. The molecule has 0 unspecified atom stereocenters. The Morgan fingerprint density at radius 2 is 2.00 bits per heavy atom. The Labute approximate surface area is 99.0 Å². The lowest BCUT2D eigenvalue weighted by Gasteiger charge is -2.06. The Hall–Kier alpha value is -2.17. The summed E-state index contributed by atoms with van der Waals surface area (Å²) in [6, 6.07) is 7.78. The van der Waals surface area contributed by atoms with Crippen LogP contribution in [0.3, 0.4) is 0 Å². The first-order valence-electron chi connectivity index (χ1n) is 5.21. The molecule has 5 nitrogen and oxygen atoms in total. The van der Waals surface area contributed by atoms with Crippen LogP contribution in [0.15, 0.2) is 24.3 Å². The molecule has 1 aromatic carbocycles. The average molecular weight is 231 g/mol. The van der Waals surface area contributed by atoms with Crippen molar-refractivity contribution in [1.82, 2.24) is 15.0 Å². The summed E-state index contributed by atoms with van der Waals surface area (Å²) in [5.74, 6) is -0.470. The molecule has 1 aromatic heterocycles. The second-order valence-corrected chi connectivity index (χ2v) is 3.71. The molecule has 2 aromatic rings. The topological polar surface area (TPSA) is 57.0 Å². The van der Waals surface area contributed by atoms with Gasteiger partial charge in [0.25, 0.3) is 0 Å². The summed E-state index contributed by atoms with van der Waals surface area (Å²) in [4.78, 5) is 11.4. The Morgan fingerprint density at radius 3 is 2.65 bits per heavy atom. The number of benzene rings is 1. The quantitative estimate of drug-likeness (QED) is 0.738. The number of aryl methyl sites for hydroxylation is 1. The van der Waals surface area contributed by atoms with Gasteiger partial charge in [0.05, 0.1) is 18.5 Å². The van der Waals surface area contributed by atoms with Crippen molar-refractivity contribution in [2.24, 2.45) is 0 Å². The maximum atomic E-state index is 11.4. The van der Waals surface area contributed by atoms with Gasteiger partial charge in [-0.25, -0.2) is 9.48 Å². The second-order valence-electron chi connectivity index (χ2n) is 3.71. The van der Waals surface area contributed by atoms with Gasteiger partial charge in [-0.1, -0.05) is 23.4 Å². The highest BCUT2D eigenvalue weighted by molar-refractivity contribution is 5.88. The van der Waals surface area contributed by atoms with Crippen molar-refractivity contribution >= 4 is 5.97 Å². The Kier molecular flexibility index (Phi) is 2.91. The summed E-state index contributed by atoms with van der Waals surface area (Å²) in [5.41, 5.74) is 2.89. The smallest absolute Gasteiger partial charge is 0.360 e. The van der Waals surface area contributed by atoms with Gasteiger partial charge in [-0.05, 0) is 25.5 Å². The number of carbonyl (C=O) groups excluding carboxylic acids is 1. The van der Waals surface area contributed by atoms with Crippen LogP contribution < -0.4 is 0 Å². The van der Waals surface area contributed by atoms with Crippen LogP contribution >= 0.6 is 0 Å². The van der Waals surface area contributed by atoms with Crippen LogP contribution in [-0.2, 0) is 4.74 Å². The molecule has 0 bridgehead atoms. The zero-order valence-electron chi connectivity index (χ0n) is 9.97. The number of hydrogen-bond donors (Lipinski definition) is 0. The fourth-order valence-electron chi connectivity index (χ4n) is 1.64. The van der Waals surface area contributed by atoms with Crippen LogP contribution in [-0.4, -0.2) is 28.1 Å². The summed E-state index contributed by atoms with van der Waals surface area (Å²) < 4.78 is 6.28. The lowest BCUT2D eigenvalue weighted by molar-refractivity contribution is 0.0593. The monoisotopic (exact) mass is 231 g/mol. The predicted molar refractivity (Wildman–Crippen MR) is 62.2 cm³/mol. The number of aromatic nitrogens is 3. The van der Waals surface area contributed by atoms with Gasteiger partial charge in [-0.2, -0.15) is 0 Å². The highest BCUT2D eigenvalue weighted by Gasteiger charge is 2.17. The molecule has 0 N–H and O–H groups in total. The molecular weight excluding hydrogens is 218 g/mol. The van der Waals surface area contributed by atoms with E-state index in [1.807, 2.05) is 31.2 Å². The predicted octanol–water partition coefficient (Wildman–Crippen LogP) is 1.67. The first kappa shape index (κ1) is 11.3. The van der Waals surface area contributed by atoms with Gasteiger partial charge in [0.1, 0.15) is 0 Å². The molecule has 0 saturated carbocycles. The molecule has 1 heterocycles. The zero-order chi connectivity index (χ0) is 12.4. The molecule has 0 atom stereocenters. The molecule has 0 saturated heterocycles. The largest absolute Gasteiger partial charge is 0.464 e. The maximum absolute atomic E-state index is 11.4. The summed E-state index contributed by atoms with van der Waals surface area (Å²) in [6.45, 7) is 3.77. The third-order valence-corrected chi connectivity index (χ3v) is 2.62. The van der Waals surface area contributed by atoms with Crippen LogP contribution in [0, 0.1) is 13.8 Å². The highest BCUT2D eigenvalue weighted by atomic mass is 16.5. The fraction of sp³-hybridized carbons (Fsp3) is 0.250. The van der Waals surface area contributed by atoms with Crippen LogP contribution in [0.5, 0.6) is 0 Å². The first-order chi connectivity index (χ1) is 8.15. The standard InChI is InChI=1S/C12H13N3O2/c1-8-6-4-5-7-10(8)15-9(2)11(13-14-15)12(16)17-3/h4-7H,1-3H3. The number of nitrogens with zero attached hydrogens (tertiary/aromatic N) is 3. The summed E-state index contributed by atoms with van der Waals surface area (Å²) >= 11 is 0. The van der Waals surface area contributed by atoms with E-state index < -0.39 is 5.97 Å². The minimum atomic E-state index is -0.470. The van der Waals surface area contributed by atoms with E-state index in [0.29, 0.717) is 5.69 Å². The van der Waals surface area contributed by atoms with Crippen LogP contribution in [0.2, 0.25) is 0 Å². The summed E-state index contributed by atoms with van der Waals surface area (Å²) in [6.07, 6.45) is 0. The molecule has 0 aliphatic carbocycles. The van der Waals surface area contributed by atoms with Crippen molar-refractivity contribution in [3.05, 3.63) is 41.2 Å². The van der Waals surface area contributed by atoms with Crippen LogP contribution in [0.1, 0.15) is 21.7 Å². The van der Waals surface area contributed by atoms with Crippen molar-refractivity contribution in [2.45, 2.75) is 13.8 Å². The number of esters is 1. The third kappa shape index (κ3) is 1.91. The lowest BCUT2D eigenvalue weighted by Crippen LogP contribution is -2.06. The van der Waals surface area contributed by atoms with Gasteiger partial charge in [-0.15, -0.1) is 5.10 Å². The van der Waals surface area contributed by atoms with Gasteiger partial charge >= 0.3 is 5.97 Å². The van der Waals surface area contributed by atoms with Crippen LogP contribution in [0.25, 0.3) is 5.69 Å². The first-order valence-corrected chi connectivity index (χ1v) is 5.21. The Bertz CT molecular complexity index is 561. The van der Waals surface area contributed by atoms with Gasteiger partial charge in [0.15, 0.2) is 5.69 Å². The summed E-state index contributed by atoms with van der Waals surface area (Å²) in [7, 11) is 1.33. The fourth-order valence-corrected chi connectivity index (χ4v) is 1.64. The number of rotatable bonds is 2. The Morgan fingerprint density at radius 1 is 1.29 bits per heavy atom. The number of para-hydroxylation sites is 1. The molecule has 0 aliphatic heterocycles. The van der Waals surface area contributed by atoms with Crippen LogP contribution in [0.4, 0.5) is 0 Å². The van der Waals surface area contributed by atoms with E-state index in [9.17, 15) is 4.79 Å². The van der Waals surface area contributed by atoms with Crippen molar-refractivity contribution < 1.29 is 9.53 Å². The van der Waals surface area contributed by atoms with Crippen molar-refractivity contribution in [3.63, 3.8) is 0 Å². The molecule has 0 fully saturated rings. The third-order valence-electron chi connectivity index (χ3n) is 2.62. The molecular formula is C12H13N3O2.